The maximum Gasteiger partial charge on any atom is 0.447 e. The number of carbonyl (C=O) groups is 2. The number of nitrogens with zero attached hydrogens (tertiary/aromatic N) is 1. The van der Waals surface area contributed by atoms with Gasteiger partial charge in [-0.05, 0) is 62.3 Å². The molecule has 1 saturated heterocycles. The summed E-state index contributed by atoms with van der Waals surface area (Å²) >= 11 is 0. The van der Waals surface area contributed by atoms with Gasteiger partial charge in [0.15, 0.2) is 0 Å². The topological polar surface area (TPSA) is 89.9 Å². The zero-order valence-electron chi connectivity index (χ0n) is 20.3. The average molecular weight is 562 g/mol. The van der Waals surface area contributed by atoms with E-state index in [1.165, 1.54) is 6.07 Å². The Morgan fingerprint density at radius 1 is 0.923 bits per heavy atom. The zero-order valence-corrected chi connectivity index (χ0v) is 20.3. The fourth-order valence-electron chi connectivity index (χ4n) is 4.73. The standard InChI is InChI=1S/C26H25F7N2O4/c27-19-13-17(25(28,29)30)9-10-18(19)21(14-7-8-14)34-22(36)20-6-1-2-11-35(20)23(37)15-4-3-5-16(12-15)24(38,39)26(31,32)33/h3-5,9-10,12-14,20-21,38-39H,1-2,6-8,11H2,(H,34,36)/t20-,21?/m1/s1. The Balaban J connectivity index is 1.56. The molecule has 1 aliphatic carbocycles. The van der Waals surface area contributed by atoms with E-state index in [1.807, 2.05) is 0 Å². The van der Waals surface area contributed by atoms with Gasteiger partial charge in [0.25, 0.3) is 11.7 Å². The normalized spacial score (nSPS) is 19.5. The van der Waals surface area contributed by atoms with Gasteiger partial charge in [-0.3, -0.25) is 9.59 Å². The molecule has 1 heterocycles. The first-order valence-electron chi connectivity index (χ1n) is 12.2. The van der Waals surface area contributed by atoms with E-state index in [0.29, 0.717) is 37.8 Å². The van der Waals surface area contributed by atoms with E-state index in [9.17, 15) is 50.5 Å². The van der Waals surface area contributed by atoms with Gasteiger partial charge in [-0.25, -0.2) is 4.39 Å². The summed E-state index contributed by atoms with van der Waals surface area (Å²) in [5.74, 6) is -7.04. The summed E-state index contributed by atoms with van der Waals surface area (Å²) in [5, 5.41) is 21.8. The molecule has 2 atom stereocenters. The Morgan fingerprint density at radius 3 is 2.21 bits per heavy atom. The summed E-state index contributed by atoms with van der Waals surface area (Å²) in [7, 11) is 0. The molecular weight excluding hydrogens is 537 g/mol. The number of amides is 2. The molecule has 2 aromatic carbocycles. The van der Waals surface area contributed by atoms with Crippen LogP contribution in [-0.4, -0.2) is 45.7 Å². The molecule has 1 saturated carbocycles. The van der Waals surface area contributed by atoms with Crippen LogP contribution in [0.3, 0.4) is 0 Å². The van der Waals surface area contributed by atoms with E-state index in [0.717, 1.165) is 29.2 Å². The van der Waals surface area contributed by atoms with Crippen molar-refractivity contribution in [3.63, 3.8) is 0 Å². The first kappa shape index (κ1) is 28.8. The quantitative estimate of drug-likeness (QED) is 0.349. The summed E-state index contributed by atoms with van der Waals surface area (Å²) < 4.78 is 92.9. The van der Waals surface area contributed by atoms with E-state index < -0.39 is 59.0 Å². The molecule has 2 fully saturated rings. The minimum absolute atomic E-state index is 0.0759. The second-order valence-electron chi connectivity index (χ2n) is 9.82. The number of alkyl halides is 6. The molecule has 0 spiro atoms. The largest absolute Gasteiger partial charge is 0.447 e. The zero-order chi connectivity index (χ0) is 28.8. The Labute approximate surface area is 218 Å². The van der Waals surface area contributed by atoms with Crippen molar-refractivity contribution in [2.24, 2.45) is 5.92 Å². The van der Waals surface area contributed by atoms with Crippen molar-refractivity contribution in [1.82, 2.24) is 10.2 Å². The van der Waals surface area contributed by atoms with Crippen LogP contribution in [0.15, 0.2) is 42.5 Å². The summed E-state index contributed by atoms with van der Waals surface area (Å²) in [6.45, 7) is 0.0759. The van der Waals surface area contributed by atoms with Crippen LogP contribution >= 0.6 is 0 Å². The Kier molecular flexibility index (Phi) is 7.69. The van der Waals surface area contributed by atoms with Gasteiger partial charge in [0.1, 0.15) is 11.9 Å². The summed E-state index contributed by atoms with van der Waals surface area (Å²) in [5.41, 5.74) is -2.58. The van der Waals surface area contributed by atoms with Crippen molar-refractivity contribution in [3.05, 3.63) is 70.5 Å². The molecule has 13 heteroatoms. The molecule has 39 heavy (non-hydrogen) atoms. The number of aliphatic hydroxyl groups is 2. The van der Waals surface area contributed by atoms with Crippen LogP contribution in [0, 0.1) is 11.7 Å². The van der Waals surface area contributed by atoms with Gasteiger partial charge in [0.05, 0.1) is 11.6 Å². The molecular formula is C26H25F7N2O4. The average Bonchev–Trinajstić information content (AvgIpc) is 3.71. The molecule has 2 aromatic rings. The molecule has 0 bridgehead atoms. The number of nitrogens with one attached hydrogen (secondary N) is 1. The maximum atomic E-state index is 14.7. The van der Waals surface area contributed by atoms with Crippen molar-refractivity contribution < 1.29 is 50.5 Å². The number of benzene rings is 2. The van der Waals surface area contributed by atoms with E-state index in [4.69, 9.17) is 0 Å². The van der Waals surface area contributed by atoms with Gasteiger partial charge in [-0.1, -0.05) is 18.2 Å². The van der Waals surface area contributed by atoms with Gasteiger partial charge < -0.3 is 20.4 Å². The van der Waals surface area contributed by atoms with E-state index in [2.05, 4.69) is 5.32 Å². The Bertz CT molecular complexity index is 1240. The number of halogens is 7. The minimum atomic E-state index is -5.44. The number of hydrogen-bond acceptors (Lipinski definition) is 4. The fraction of sp³-hybridized carbons (Fsp3) is 0.462. The number of likely N-dealkylation sites (tertiary alicyclic amines) is 1. The Morgan fingerprint density at radius 2 is 1.62 bits per heavy atom. The second kappa shape index (κ2) is 10.4. The molecule has 0 aromatic heterocycles. The van der Waals surface area contributed by atoms with E-state index in [-0.39, 0.29) is 30.0 Å². The van der Waals surface area contributed by atoms with Gasteiger partial charge >= 0.3 is 12.4 Å². The van der Waals surface area contributed by atoms with E-state index >= 15 is 0 Å². The van der Waals surface area contributed by atoms with Crippen molar-refractivity contribution >= 4 is 11.8 Å². The third-order valence-electron chi connectivity index (χ3n) is 7.03. The lowest BCUT2D eigenvalue weighted by atomic mass is 9.96. The van der Waals surface area contributed by atoms with Crippen LogP contribution in [0.2, 0.25) is 0 Å². The highest BCUT2D eigenvalue weighted by molar-refractivity contribution is 5.98. The van der Waals surface area contributed by atoms with Crippen LogP contribution < -0.4 is 5.32 Å². The van der Waals surface area contributed by atoms with Crippen molar-refractivity contribution in [3.8, 4) is 0 Å². The van der Waals surface area contributed by atoms with Gasteiger partial charge in [0.2, 0.25) is 5.91 Å². The highest BCUT2D eigenvalue weighted by atomic mass is 19.4. The SMILES string of the molecule is O=C(NC(c1ccc(C(F)(F)F)cc1F)C1CC1)[C@H]1CCCCN1C(=O)c1cccc(C(O)(O)C(F)(F)F)c1. The lowest BCUT2D eigenvalue weighted by Crippen LogP contribution is -2.52. The molecule has 2 amide bonds. The van der Waals surface area contributed by atoms with Crippen LogP contribution in [0.4, 0.5) is 30.7 Å². The molecule has 212 valence electrons. The highest BCUT2D eigenvalue weighted by Crippen LogP contribution is 2.43. The molecule has 2 aliphatic rings. The van der Waals surface area contributed by atoms with Crippen LogP contribution in [0.1, 0.15) is 65.2 Å². The van der Waals surface area contributed by atoms with Gasteiger partial charge in [-0.15, -0.1) is 0 Å². The van der Waals surface area contributed by atoms with Crippen LogP contribution in [0.25, 0.3) is 0 Å². The van der Waals surface area contributed by atoms with Crippen molar-refractivity contribution in [2.45, 2.75) is 62.3 Å². The molecule has 4 rings (SSSR count). The number of piperidine rings is 1. The smallest absolute Gasteiger partial charge is 0.355 e. The van der Waals surface area contributed by atoms with Gasteiger partial charge in [-0.2, -0.15) is 26.3 Å². The number of hydrogen-bond donors (Lipinski definition) is 3. The molecule has 1 aliphatic heterocycles. The molecule has 1 unspecified atom stereocenters. The highest BCUT2D eigenvalue weighted by Gasteiger charge is 2.54. The lowest BCUT2D eigenvalue weighted by Gasteiger charge is -2.36. The van der Waals surface area contributed by atoms with Crippen molar-refractivity contribution in [1.29, 1.82) is 0 Å². The van der Waals surface area contributed by atoms with Crippen LogP contribution in [0.5, 0.6) is 0 Å². The lowest BCUT2D eigenvalue weighted by molar-refractivity contribution is -0.358. The predicted molar refractivity (Wildman–Crippen MR) is 122 cm³/mol. The summed E-state index contributed by atoms with van der Waals surface area (Å²) in [6.07, 6.45) is -7.76. The van der Waals surface area contributed by atoms with Crippen molar-refractivity contribution in [2.75, 3.05) is 6.54 Å². The first-order valence-corrected chi connectivity index (χ1v) is 12.2. The molecule has 3 N–H and O–H groups in total. The maximum absolute atomic E-state index is 14.7. The Hall–Kier alpha value is -3.19. The fourth-order valence-corrected chi connectivity index (χ4v) is 4.73. The molecule has 6 nitrogen and oxygen atoms in total. The van der Waals surface area contributed by atoms with E-state index in [1.54, 1.807) is 0 Å². The summed E-state index contributed by atoms with van der Waals surface area (Å²) in [4.78, 5) is 27.7. The second-order valence-corrected chi connectivity index (χ2v) is 9.82. The minimum Gasteiger partial charge on any atom is -0.355 e. The summed E-state index contributed by atoms with van der Waals surface area (Å²) in [6, 6.07) is 3.76. The molecule has 0 radical (unpaired) electrons. The monoisotopic (exact) mass is 562 g/mol. The third-order valence-corrected chi connectivity index (χ3v) is 7.03. The number of carbonyl (C=O) groups excluding carboxylic acids is 2. The van der Waals surface area contributed by atoms with Crippen LogP contribution in [-0.2, 0) is 16.8 Å². The van der Waals surface area contributed by atoms with Gasteiger partial charge in [0, 0.05) is 23.2 Å². The first-order chi connectivity index (χ1) is 18.1. The predicted octanol–water partition coefficient (Wildman–Crippen LogP) is 4.81. The third kappa shape index (κ3) is 6.03. The number of rotatable bonds is 6.